The zero-order chi connectivity index (χ0) is 22.8. The average molecular weight is 430 g/mol. The number of nitrogens with one attached hydrogen (secondary N) is 1. The fourth-order valence-corrected chi connectivity index (χ4v) is 3.60. The molecule has 0 saturated heterocycles. The Hall–Kier alpha value is -4.20. The summed E-state index contributed by atoms with van der Waals surface area (Å²) in [7, 11) is 3.37. The van der Waals surface area contributed by atoms with Crippen LogP contribution in [0.5, 0.6) is 5.75 Å². The first kappa shape index (κ1) is 21.0. The van der Waals surface area contributed by atoms with Gasteiger partial charge in [0.25, 0.3) is 5.56 Å². The number of carbonyl (C=O) groups excluding carboxylic acids is 2. The van der Waals surface area contributed by atoms with Crippen molar-refractivity contribution in [2.75, 3.05) is 12.4 Å². The van der Waals surface area contributed by atoms with Crippen LogP contribution in [-0.4, -0.2) is 32.9 Å². The van der Waals surface area contributed by atoms with E-state index in [1.807, 2.05) is 30.5 Å². The van der Waals surface area contributed by atoms with Crippen LogP contribution in [0.15, 0.2) is 65.8 Å². The predicted molar refractivity (Wildman–Crippen MR) is 122 cm³/mol. The minimum Gasteiger partial charge on any atom is -0.497 e. The number of carbonyl (C=O) groups is 2. The standard InChI is InChI=1S/C24H22N4O4/c1-15(29)16-6-4-8-18(10-16)26-21(30)13-28-14-25-22-20(12-27(2)23(22)24(28)31)17-7-5-9-19(11-17)32-3/h4-12,14H,13H2,1-3H3,(H,26,30). The molecule has 0 radical (unpaired) electrons. The normalized spacial score (nSPS) is 10.8. The molecule has 1 N–H and O–H groups in total. The van der Waals surface area contributed by atoms with Crippen molar-refractivity contribution in [1.29, 1.82) is 0 Å². The quantitative estimate of drug-likeness (QED) is 0.474. The molecule has 0 aliphatic heterocycles. The summed E-state index contributed by atoms with van der Waals surface area (Å²) in [4.78, 5) is 41.6. The van der Waals surface area contributed by atoms with Gasteiger partial charge in [-0.05, 0) is 36.8 Å². The van der Waals surface area contributed by atoms with E-state index in [2.05, 4.69) is 10.3 Å². The van der Waals surface area contributed by atoms with Crippen molar-refractivity contribution in [1.82, 2.24) is 14.1 Å². The largest absolute Gasteiger partial charge is 0.497 e. The van der Waals surface area contributed by atoms with Gasteiger partial charge in [-0.3, -0.25) is 19.0 Å². The lowest BCUT2D eigenvalue weighted by atomic mass is 10.1. The highest BCUT2D eigenvalue weighted by Gasteiger charge is 2.16. The van der Waals surface area contributed by atoms with E-state index in [1.165, 1.54) is 17.8 Å². The van der Waals surface area contributed by atoms with Gasteiger partial charge in [0.05, 0.1) is 13.4 Å². The van der Waals surface area contributed by atoms with Gasteiger partial charge < -0.3 is 14.6 Å². The summed E-state index contributed by atoms with van der Waals surface area (Å²) in [6, 6.07) is 14.2. The Bertz CT molecular complexity index is 1400. The van der Waals surface area contributed by atoms with Crippen molar-refractivity contribution < 1.29 is 14.3 Å². The number of fused-ring (bicyclic) bond motifs is 1. The SMILES string of the molecule is COc1cccc(-c2cn(C)c3c(=O)n(CC(=O)Nc4cccc(C(C)=O)c4)cnc23)c1. The molecule has 2 aromatic carbocycles. The minimum absolute atomic E-state index is 0.0949. The van der Waals surface area contributed by atoms with Crippen LogP contribution in [0.3, 0.4) is 0 Å². The van der Waals surface area contributed by atoms with Crippen LogP contribution in [0.2, 0.25) is 0 Å². The number of benzene rings is 2. The Morgan fingerprint density at radius 3 is 2.66 bits per heavy atom. The molecule has 0 unspecified atom stereocenters. The molecule has 162 valence electrons. The monoisotopic (exact) mass is 430 g/mol. The number of hydrogen-bond donors (Lipinski definition) is 1. The van der Waals surface area contributed by atoms with Crippen molar-refractivity contribution in [3.63, 3.8) is 0 Å². The molecule has 0 atom stereocenters. The van der Waals surface area contributed by atoms with Crippen LogP contribution in [0.1, 0.15) is 17.3 Å². The van der Waals surface area contributed by atoms with Crippen LogP contribution in [0.25, 0.3) is 22.2 Å². The molecular formula is C24H22N4O4. The predicted octanol–water partition coefficient (Wildman–Crippen LogP) is 3.25. The van der Waals surface area contributed by atoms with E-state index >= 15 is 0 Å². The molecular weight excluding hydrogens is 408 g/mol. The molecule has 32 heavy (non-hydrogen) atoms. The topological polar surface area (TPSA) is 95.2 Å². The summed E-state index contributed by atoms with van der Waals surface area (Å²) < 4.78 is 8.27. The number of ketones is 1. The number of aryl methyl sites for hydroxylation is 1. The third kappa shape index (κ3) is 4.02. The molecule has 1 amide bonds. The number of amides is 1. The number of anilines is 1. The number of Topliss-reactive ketones (excluding diaryl/α,β-unsaturated/α-hetero) is 1. The van der Waals surface area contributed by atoms with Crippen LogP contribution in [0, 0.1) is 0 Å². The molecule has 8 heteroatoms. The number of methoxy groups -OCH3 is 1. The maximum Gasteiger partial charge on any atom is 0.278 e. The highest BCUT2D eigenvalue weighted by Crippen LogP contribution is 2.29. The number of hydrogen-bond acceptors (Lipinski definition) is 5. The molecule has 8 nitrogen and oxygen atoms in total. The fraction of sp³-hybridized carbons (Fsp3) is 0.167. The highest BCUT2D eigenvalue weighted by molar-refractivity contribution is 5.97. The molecule has 4 aromatic rings. The number of aromatic nitrogens is 3. The second kappa shape index (κ2) is 8.50. The van der Waals surface area contributed by atoms with Gasteiger partial charge >= 0.3 is 0 Å². The van der Waals surface area contributed by atoms with Crippen molar-refractivity contribution in [2.24, 2.45) is 7.05 Å². The first-order valence-electron chi connectivity index (χ1n) is 9.97. The first-order valence-corrected chi connectivity index (χ1v) is 9.97. The molecule has 0 aliphatic carbocycles. The molecule has 0 aliphatic rings. The van der Waals surface area contributed by atoms with Crippen LogP contribution < -0.4 is 15.6 Å². The van der Waals surface area contributed by atoms with Gasteiger partial charge in [0.1, 0.15) is 23.3 Å². The smallest absolute Gasteiger partial charge is 0.278 e. The summed E-state index contributed by atoms with van der Waals surface area (Å²) >= 11 is 0. The number of rotatable bonds is 6. The lowest BCUT2D eigenvalue weighted by Crippen LogP contribution is -2.28. The van der Waals surface area contributed by atoms with Gasteiger partial charge in [-0.1, -0.05) is 24.3 Å². The summed E-state index contributed by atoms with van der Waals surface area (Å²) in [6.07, 6.45) is 3.21. The minimum atomic E-state index is -0.392. The lowest BCUT2D eigenvalue weighted by Gasteiger charge is -2.09. The highest BCUT2D eigenvalue weighted by atomic mass is 16.5. The fourth-order valence-electron chi connectivity index (χ4n) is 3.60. The van der Waals surface area contributed by atoms with E-state index in [9.17, 15) is 14.4 Å². The van der Waals surface area contributed by atoms with Gasteiger partial charge in [0.2, 0.25) is 5.91 Å². The molecule has 0 spiro atoms. The third-order valence-corrected chi connectivity index (χ3v) is 5.19. The number of nitrogens with zero attached hydrogens (tertiary/aromatic N) is 3. The Morgan fingerprint density at radius 2 is 1.91 bits per heavy atom. The van der Waals surface area contributed by atoms with Gasteiger partial charge in [0, 0.05) is 30.1 Å². The van der Waals surface area contributed by atoms with Gasteiger partial charge in [-0.25, -0.2) is 4.98 Å². The van der Waals surface area contributed by atoms with Crippen LogP contribution in [0.4, 0.5) is 5.69 Å². The molecule has 0 saturated carbocycles. The van der Waals surface area contributed by atoms with Crippen molar-refractivity contribution >= 4 is 28.4 Å². The van der Waals surface area contributed by atoms with Crippen molar-refractivity contribution in [3.05, 3.63) is 77.0 Å². The molecule has 0 bridgehead atoms. The number of ether oxygens (including phenoxy) is 1. The molecule has 0 fully saturated rings. The average Bonchev–Trinajstić information content (AvgIpc) is 3.13. The molecule has 2 aromatic heterocycles. The van der Waals surface area contributed by atoms with E-state index in [4.69, 9.17) is 4.74 Å². The zero-order valence-corrected chi connectivity index (χ0v) is 18.0. The van der Waals surface area contributed by atoms with Crippen LogP contribution in [-0.2, 0) is 18.4 Å². The van der Waals surface area contributed by atoms with Gasteiger partial charge in [-0.15, -0.1) is 0 Å². The summed E-state index contributed by atoms with van der Waals surface area (Å²) in [6.45, 7) is 1.26. The molecule has 4 rings (SSSR count). The lowest BCUT2D eigenvalue weighted by molar-refractivity contribution is -0.116. The zero-order valence-electron chi connectivity index (χ0n) is 18.0. The second-order valence-corrected chi connectivity index (χ2v) is 7.45. The summed E-state index contributed by atoms with van der Waals surface area (Å²) in [5.74, 6) is 0.219. The maximum atomic E-state index is 13.1. The Kier molecular flexibility index (Phi) is 5.59. The Labute approximate surface area is 184 Å². The van der Waals surface area contributed by atoms with Gasteiger partial charge in [-0.2, -0.15) is 0 Å². The van der Waals surface area contributed by atoms with Crippen LogP contribution >= 0.6 is 0 Å². The van der Waals surface area contributed by atoms with E-state index in [-0.39, 0.29) is 17.9 Å². The summed E-state index contributed by atoms with van der Waals surface area (Å²) in [5, 5.41) is 2.72. The van der Waals surface area contributed by atoms with Crippen molar-refractivity contribution in [3.8, 4) is 16.9 Å². The summed E-state index contributed by atoms with van der Waals surface area (Å²) in [5.41, 5.74) is 3.30. The first-order chi connectivity index (χ1) is 15.4. The van der Waals surface area contributed by atoms with E-state index in [0.717, 1.165) is 11.1 Å². The Morgan fingerprint density at radius 1 is 1.12 bits per heavy atom. The third-order valence-electron chi connectivity index (χ3n) is 5.19. The maximum absolute atomic E-state index is 13.1. The Balaban J connectivity index is 1.63. The second-order valence-electron chi connectivity index (χ2n) is 7.45. The van der Waals surface area contributed by atoms with E-state index in [0.29, 0.717) is 28.0 Å². The van der Waals surface area contributed by atoms with Crippen molar-refractivity contribution in [2.45, 2.75) is 13.5 Å². The van der Waals surface area contributed by atoms with E-state index < -0.39 is 5.91 Å². The van der Waals surface area contributed by atoms with Gasteiger partial charge in [0.15, 0.2) is 5.78 Å². The molecule has 2 heterocycles. The van der Waals surface area contributed by atoms with E-state index in [1.54, 1.807) is 43.0 Å².